The topological polar surface area (TPSA) is 85.7 Å². The van der Waals surface area contributed by atoms with E-state index in [4.69, 9.17) is 15.5 Å². The van der Waals surface area contributed by atoms with Crippen LogP contribution in [-0.4, -0.2) is 25.1 Å². The molecule has 29 heavy (non-hydrogen) atoms. The van der Waals surface area contributed by atoms with Gasteiger partial charge in [-0.25, -0.2) is 9.97 Å². The summed E-state index contributed by atoms with van der Waals surface area (Å²) >= 11 is 0. The van der Waals surface area contributed by atoms with Gasteiger partial charge in [-0.15, -0.1) is 0 Å². The van der Waals surface area contributed by atoms with Crippen LogP contribution in [0.2, 0.25) is 0 Å². The molecule has 2 aromatic heterocycles. The highest BCUT2D eigenvalue weighted by molar-refractivity contribution is 5.85. The van der Waals surface area contributed by atoms with Gasteiger partial charge < -0.3 is 15.6 Å². The molecule has 0 bridgehead atoms. The van der Waals surface area contributed by atoms with Crippen LogP contribution in [0.4, 0.5) is 5.82 Å². The van der Waals surface area contributed by atoms with Crippen LogP contribution in [0.1, 0.15) is 31.5 Å². The minimum absolute atomic E-state index is 0.203. The smallest absolute Gasteiger partial charge is 0.150 e. The molecular formula is C23H22N4O2. The van der Waals surface area contributed by atoms with Gasteiger partial charge in [0.05, 0.1) is 5.60 Å². The first-order valence-corrected chi connectivity index (χ1v) is 9.68. The van der Waals surface area contributed by atoms with Crippen LogP contribution in [-0.2, 0) is 0 Å². The number of imidazole rings is 1. The Morgan fingerprint density at radius 1 is 1.07 bits per heavy atom. The highest BCUT2D eigenvalue weighted by atomic mass is 16.5. The van der Waals surface area contributed by atoms with Crippen molar-refractivity contribution in [1.82, 2.24) is 14.4 Å². The van der Waals surface area contributed by atoms with Crippen molar-refractivity contribution in [2.75, 3.05) is 5.73 Å². The van der Waals surface area contributed by atoms with Crippen molar-refractivity contribution in [2.45, 2.75) is 31.3 Å². The SMILES string of the molecule is CC1(O)CC(c2nc(-c3ccc(Oc4ccccc4)cc3)c3c(N)nccn23)C1. The van der Waals surface area contributed by atoms with Gasteiger partial charge in [-0.05, 0) is 56.2 Å². The lowest BCUT2D eigenvalue weighted by atomic mass is 9.72. The van der Waals surface area contributed by atoms with Crippen molar-refractivity contribution in [3.05, 3.63) is 72.8 Å². The molecule has 0 saturated heterocycles. The number of hydrogen-bond donors (Lipinski definition) is 2. The van der Waals surface area contributed by atoms with Crippen LogP contribution in [0, 0.1) is 0 Å². The molecule has 0 aliphatic heterocycles. The summed E-state index contributed by atoms with van der Waals surface area (Å²) in [6.07, 6.45) is 4.96. The van der Waals surface area contributed by atoms with Crippen molar-refractivity contribution < 1.29 is 9.84 Å². The van der Waals surface area contributed by atoms with Crippen molar-refractivity contribution in [2.24, 2.45) is 0 Å². The fourth-order valence-electron chi connectivity index (χ4n) is 4.07. The van der Waals surface area contributed by atoms with Crippen LogP contribution in [0.25, 0.3) is 16.8 Å². The van der Waals surface area contributed by atoms with Gasteiger partial charge in [0.2, 0.25) is 0 Å². The predicted molar refractivity (Wildman–Crippen MR) is 112 cm³/mol. The van der Waals surface area contributed by atoms with Crippen molar-refractivity contribution in [3.8, 4) is 22.8 Å². The zero-order valence-electron chi connectivity index (χ0n) is 16.1. The molecule has 3 N–H and O–H groups in total. The number of benzene rings is 2. The summed E-state index contributed by atoms with van der Waals surface area (Å²) in [7, 11) is 0. The fraction of sp³-hybridized carbons (Fsp3) is 0.217. The molecule has 1 fully saturated rings. The van der Waals surface area contributed by atoms with Gasteiger partial charge in [0.1, 0.15) is 34.4 Å². The number of ether oxygens (including phenoxy) is 1. The van der Waals surface area contributed by atoms with E-state index in [1.807, 2.05) is 72.1 Å². The highest BCUT2D eigenvalue weighted by Crippen LogP contribution is 2.45. The maximum absolute atomic E-state index is 10.2. The molecule has 0 atom stereocenters. The quantitative estimate of drug-likeness (QED) is 0.543. The first-order valence-electron chi connectivity index (χ1n) is 9.68. The minimum Gasteiger partial charge on any atom is -0.457 e. The summed E-state index contributed by atoms with van der Waals surface area (Å²) in [5.41, 5.74) is 8.12. The van der Waals surface area contributed by atoms with E-state index in [-0.39, 0.29) is 5.92 Å². The Balaban J connectivity index is 1.51. The van der Waals surface area contributed by atoms with E-state index in [0.717, 1.165) is 34.1 Å². The van der Waals surface area contributed by atoms with Gasteiger partial charge in [-0.2, -0.15) is 0 Å². The van der Waals surface area contributed by atoms with E-state index in [2.05, 4.69) is 4.98 Å². The number of hydrogen-bond acceptors (Lipinski definition) is 5. The molecule has 4 aromatic rings. The predicted octanol–water partition coefficient (Wildman–Crippen LogP) is 4.40. The van der Waals surface area contributed by atoms with Crippen LogP contribution < -0.4 is 10.5 Å². The lowest BCUT2D eigenvalue weighted by Crippen LogP contribution is -2.40. The maximum atomic E-state index is 10.2. The Bertz CT molecular complexity index is 1160. The zero-order valence-corrected chi connectivity index (χ0v) is 16.1. The third kappa shape index (κ3) is 3.21. The lowest BCUT2D eigenvalue weighted by Gasteiger charge is -2.40. The first-order chi connectivity index (χ1) is 14.0. The molecule has 1 aliphatic rings. The van der Waals surface area contributed by atoms with Crippen molar-refractivity contribution in [3.63, 3.8) is 0 Å². The molecular weight excluding hydrogens is 364 g/mol. The molecule has 5 rings (SSSR count). The fourth-order valence-corrected chi connectivity index (χ4v) is 4.07. The molecule has 0 spiro atoms. The van der Waals surface area contributed by atoms with Gasteiger partial charge in [0.15, 0.2) is 0 Å². The number of para-hydroxylation sites is 1. The summed E-state index contributed by atoms with van der Waals surface area (Å²) in [6, 6.07) is 17.5. The first kappa shape index (κ1) is 17.7. The van der Waals surface area contributed by atoms with E-state index >= 15 is 0 Å². The standard InChI is InChI=1S/C23H22N4O2/c1-23(28)13-16(14-23)22-26-19(20-21(24)25-11-12-27(20)22)15-7-9-18(10-8-15)29-17-5-3-2-4-6-17/h2-12,16,28H,13-14H2,1H3,(H2,24,25). The van der Waals surface area contributed by atoms with E-state index in [1.165, 1.54) is 0 Å². The molecule has 1 aliphatic carbocycles. The van der Waals surface area contributed by atoms with Crippen LogP contribution >= 0.6 is 0 Å². The number of rotatable bonds is 4. The summed E-state index contributed by atoms with van der Waals surface area (Å²) in [5, 5.41) is 10.2. The lowest BCUT2D eigenvalue weighted by molar-refractivity contribution is -0.0335. The van der Waals surface area contributed by atoms with Crippen LogP contribution in [0.5, 0.6) is 11.5 Å². The van der Waals surface area contributed by atoms with Gasteiger partial charge in [0, 0.05) is 23.9 Å². The van der Waals surface area contributed by atoms with Gasteiger partial charge >= 0.3 is 0 Å². The van der Waals surface area contributed by atoms with Crippen LogP contribution in [0.15, 0.2) is 67.0 Å². The molecule has 1 saturated carbocycles. The van der Waals surface area contributed by atoms with Crippen LogP contribution in [0.3, 0.4) is 0 Å². The molecule has 0 unspecified atom stereocenters. The minimum atomic E-state index is -0.619. The van der Waals surface area contributed by atoms with Gasteiger partial charge in [-0.1, -0.05) is 18.2 Å². The number of aliphatic hydroxyl groups is 1. The average Bonchev–Trinajstić information content (AvgIpc) is 3.08. The Morgan fingerprint density at radius 3 is 2.45 bits per heavy atom. The third-order valence-corrected chi connectivity index (χ3v) is 5.45. The number of nitrogens with two attached hydrogens (primary N) is 1. The molecule has 6 nitrogen and oxygen atoms in total. The number of nitrogens with zero attached hydrogens (tertiary/aromatic N) is 3. The van der Waals surface area contributed by atoms with Crippen molar-refractivity contribution >= 4 is 11.3 Å². The van der Waals surface area contributed by atoms with E-state index in [1.54, 1.807) is 6.20 Å². The number of aromatic nitrogens is 3. The average molecular weight is 386 g/mol. The van der Waals surface area contributed by atoms with Crippen molar-refractivity contribution in [1.29, 1.82) is 0 Å². The molecule has 2 heterocycles. The summed E-state index contributed by atoms with van der Waals surface area (Å²) in [5.74, 6) is 3.11. The zero-order chi connectivity index (χ0) is 20.0. The summed E-state index contributed by atoms with van der Waals surface area (Å²) in [6.45, 7) is 1.86. The Kier molecular flexibility index (Phi) is 4.03. The monoisotopic (exact) mass is 386 g/mol. The Labute approximate surface area is 168 Å². The maximum Gasteiger partial charge on any atom is 0.150 e. The second-order valence-corrected chi connectivity index (χ2v) is 7.89. The summed E-state index contributed by atoms with van der Waals surface area (Å²) < 4.78 is 7.89. The molecule has 6 heteroatoms. The number of nitrogen functional groups attached to an aromatic ring is 1. The number of fused-ring (bicyclic) bond motifs is 1. The largest absolute Gasteiger partial charge is 0.457 e. The van der Waals surface area contributed by atoms with E-state index < -0.39 is 5.60 Å². The van der Waals surface area contributed by atoms with Gasteiger partial charge in [0.25, 0.3) is 0 Å². The van der Waals surface area contributed by atoms with E-state index in [9.17, 15) is 5.11 Å². The van der Waals surface area contributed by atoms with Gasteiger partial charge in [-0.3, -0.25) is 4.40 Å². The Morgan fingerprint density at radius 2 is 1.76 bits per heavy atom. The van der Waals surface area contributed by atoms with E-state index in [0.29, 0.717) is 18.7 Å². The molecule has 0 amide bonds. The second kappa shape index (κ2) is 6.60. The summed E-state index contributed by atoms with van der Waals surface area (Å²) in [4.78, 5) is 9.17. The third-order valence-electron chi connectivity index (χ3n) is 5.45. The molecule has 0 radical (unpaired) electrons. The molecule has 146 valence electrons. The normalized spacial score (nSPS) is 21.1. The molecule has 2 aromatic carbocycles. The number of anilines is 1. The Hall–Kier alpha value is -3.38. The highest BCUT2D eigenvalue weighted by Gasteiger charge is 2.41. The second-order valence-electron chi connectivity index (χ2n) is 7.89.